The number of halogens is 1. The molecular weight excluding hydrogens is 623 g/mol. The summed E-state index contributed by atoms with van der Waals surface area (Å²) in [4.78, 5) is 64.8. The van der Waals surface area contributed by atoms with Gasteiger partial charge in [0.15, 0.2) is 23.8 Å². The minimum absolute atomic E-state index is 0.0464. The number of imide groups is 1. The number of benzene rings is 1. The average Bonchev–Trinajstić information content (AvgIpc) is 3.49. The van der Waals surface area contributed by atoms with Gasteiger partial charge < -0.3 is 34.2 Å². The molecule has 0 unspecified atom stereocenters. The van der Waals surface area contributed by atoms with Crippen molar-refractivity contribution < 1.29 is 37.8 Å². The lowest BCUT2D eigenvalue weighted by molar-refractivity contribution is -0.158. The van der Waals surface area contributed by atoms with Crippen LogP contribution < -0.4 is 19.7 Å². The van der Waals surface area contributed by atoms with E-state index in [9.17, 15) is 19.2 Å². The van der Waals surface area contributed by atoms with Crippen LogP contribution in [0.2, 0.25) is 0 Å². The molecule has 14 heteroatoms. The normalized spacial score (nSPS) is 19.8. The summed E-state index contributed by atoms with van der Waals surface area (Å²) in [7, 11) is 0. The van der Waals surface area contributed by atoms with Crippen molar-refractivity contribution in [2.24, 2.45) is 5.41 Å². The lowest BCUT2D eigenvalue weighted by Gasteiger charge is -2.35. The van der Waals surface area contributed by atoms with Gasteiger partial charge in [-0.05, 0) is 64.9 Å². The predicted octanol–water partition coefficient (Wildman–Crippen LogP) is 3.46. The molecule has 2 saturated heterocycles. The smallest absolute Gasteiger partial charge is 0.328 e. The summed E-state index contributed by atoms with van der Waals surface area (Å²) in [5.74, 6) is -2.17. The van der Waals surface area contributed by atoms with E-state index in [1.165, 1.54) is 11.0 Å². The van der Waals surface area contributed by atoms with E-state index in [2.05, 4.69) is 28.6 Å². The van der Waals surface area contributed by atoms with Gasteiger partial charge in [-0.15, -0.1) is 0 Å². The number of hydrogen-bond donors (Lipinski definition) is 1. The molecule has 48 heavy (non-hydrogen) atoms. The fraction of sp³-hybridized carbons (Fsp3) is 0.500. The Morgan fingerprint density at radius 3 is 2.38 bits per heavy atom. The summed E-state index contributed by atoms with van der Waals surface area (Å²) >= 11 is 0. The lowest BCUT2D eigenvalue weighted by atomic mass is 9.96. The number of carbonyl (C=O) groups is 4. The van der Waals surface area contributed by atoms with Crippen LogP contribution >= 0.6 is 0 Å². The summed E-state index contributed by atoms with van der Waals surface area (Å²) in [5.41, 5.74) is -2.16. The van der Waals surface area contributed by atoms with Gasteiger partial charge >= 0.3 is 12.0 Å². The van der Waals surface area contributed by atoms with E-state index in [-0.39, 0.29) is 30.2 Å². The van der Waals surface area contributed by atoms with Crippen LogP contribution in [0.25, 0.3) is 0 Å². The number of ether oxygens (including phenoxy) is 3. The highest BCUT2D eigenvalue weighted by atomic mass is 19.1. The molecule has 1 aromatic heterocycles. The molecular formula is C34H43FN6O7. The van der Waals surface area contributed by atoms with Gasteiger partial charge in [-0.3, -0.25) is 14.4 Å². The molecule has 3 aliphatic rings. The van der Waals surface area contributed by atoms with Gasteiger partial charge in [-0.2, -0.15) is 0 Å². The van der Waals surface area contributed by atoms with Crippen LogP contribution in [0.15, 0.2) is 36.6 Å². The number of urea groups is 1. The van der Waals surface area contributed by atoms with Crippen LogP contribution in [0.1, 0.15) is 56.2 Å². The Morgan fingerprint density at radius 2 is 1.75 bits per heavy atom. The molecule has 0 aliphatic carbocycles. The Balaban J connectivity index is 1.42. The first kappa shape index (κ1) is 34.6. The first-order chi connectivity index (χ1) is 22.7. The zero-order chi connectivity index (χ0) is 35.0. The van der Waals surface area contributed by atoms with E-state index in [0.717, 1.165) is 43.4 Å². The van der Waals surface area contributed by atoms with Gasteiger partial charge in [0, 0.05) is 32.7 Å². The van der Waals surface area contributed by atoms with E-state index in [1.807, 2.05) is 6.07 Å². The number of nitrogens with one attached hydrogen (secondary N) is 1. The minimum atomic E-state index is -2.01. The van der Waals surface area contributed by atoms with Gasteiger partial charge in [-0.25, -0.2) is 19.1 Å². The minimum Gasteiger partial charge on any atom is -0.491 e. The number of nitrogens with zero attached hydrogens (tertiary/aromatic N) is 5. The second-order valence-electron chi connectivity index (χ2n) is 13.1. The van der Waals surface area contributed by atoms with Crippen molar-refractivity contribution in [3.05, 3.63) is 59.2 Å². The predicted molar refractivity (Wildman–Crippen MR) is 174 cm³/mol. The van der Waals surface area contributed by atoms with Gasteiger partial charge in [0.2, 0.25) is 0 Å². The number of likely N-dealkylation sites (N-methyl/N-ethyl adjacent to an activating group) is 1. The molecule has 4 amide bonds. The first-order valence-electron chi connectivity index (χ1n) is 16.1. The van der Waals surface area contributed by atoms with Crippen molar-refractivity contribution in [3.63, 3.8) is 0 Å². The topological polar surface area (TPSA) is 134 Å². The highest BCUT2D eigenvalue weighted by molar-refractivity contribution is 6.09. The molecule has 0 saturated carbocycles. The Labute approximate surface area is 279 Å². The summed E-state index contributed by atoms with van der Waals surface area (Å²) in [6, 6.07) is 5.69. The summed E-state index contributed by atoms with van der Waals surface area (Å²) in [6.07, 6.45) is 0. The number of amides is 4. The SMILES string of the molecule is C=C(Oc1ccc(N2CCN(CC)CC2)nc1C)[C@]1(CN2Cc3ccc(OCC)c(F)c3C2=O)NC(=O)N(COC(=O)C(C)(C)C)C1=O. The van der Waals surface area contributed by atoms with Crippen LogP contribution in [-0.4, -0.2) is 102 Å². The zero-order valence-electron chi connectivity index (χ0n) is 28.4. The number of esters is 1. The molecule has 13 nitrogen and oxygen atoms in total. The third-order valence-corrected chi connectivity index (χ3v) is 8.77. The maximum Gasteiger partial charge on any atom is 0.328 e. The molecule has 1 atom stereocenters. The third kappa shape index (κ3) is 6.53. The van der Waals surface area contributed by atoms with Crippen LogP contribution in [0.3, 0.4) is 0 Å². The molecule has 2 aromatic rings. The van der Waals surface area contributed by atoms with Crippen molar-refractivity contribution in [1.82, 2.24) is 25.0 Å². The van der Waals surface area contributed by atoms with Crippen molar-refractivity contribution in [2.45, 2.75) is 53.6 Å². The molecule has 1 aromatic carbocycles. The van der Waals surface area contributed by atoms with Crippen molar-refractivity contribution >= 4 is 29.6 Å². The molecule has 0 bridgehead atoms. The highest BCUT2D eigenvalue weighted by Crippen LogP contribution is 2.36. The second kappa shape index (κ2) is 13.4. The number of anilines is 1. The maximum absolute atomic E-state index is 15.3. The van der Waals surface area contributed by atoms with Gasteiger partial charge in [0.05, 0.1) is 29.8 Å². The van der Waals surface area contributed by atoms with Crippen molar-refractivity contribution in [1.29, 1.82) is 0 Å². The number of pyridine rings is 1. The van der Waals surface area contributed by atoms with E-state index < -0.39 is 53.9 Å². The summed E-state index contributed by atoms with van der Waals surface area (Å²) in [6.45, 7) is 18.1. The first-order valence-corrected chi connectivity index (χ1v) is 16.1. The lowest BCUT2D eigenvalue weighted by Crippen LogP contribution is -2.57. The Morgan fingerprint density at radius 1 is 1.06 bits per heavy atom. The molecule has 4 heterocycles. The van der Waals surface area contributed by atoms with E-state index >= 15 is 4.39 Å². The van der Waals surface area contributed by atoms with Gasteiger partial charge in [0.25, 0.3) is 11.8 Å². The number of rotatable bonds is 11. The Hall–Kier alpha value is -4.72. The second-order valence-corrected chi connectivity index (χ2v) is 13.1. The highest BCUT2D eigenvalue weighted by Gasteiger charge is 2.57. The van der Waals surface area contributed by atoms with Crippen LogP contribution in [-0.2, 0) is 20.9 Å². The number of piperazine rings is 1. The van der Waals surface area contributed by atoms with E-state index in [4.69, 9.17) is 19.2 Å². The average molecular weight is 667 g/mol. The number of aryl methyl sites for hydroxylation is 1. The van der Waals surface area contributed by atoms with Crippen LogP contribution in [0.5, 0.6) is 11.5 Å². The fourth-order valence-electron chi connectivity index (χ4n) is 5.88. The largest absolute Gasteiger partial charge is 0.491 e. The van der Waals surface area contributed by atoms with Crippen LogP contribution in [0, 0.1) is 18.2 Å². The number of aromatic nitrogens is 1. The number of hydrogen-bond acceptors (Lipinski definition) is 10. The molecule has 2 fully saturated rings. The number of carbonyl (C=O) groups excluding carboxylic acids is 4. The van der Waals surface area contributed by atoms with Gasteiger partial charge in [0.1, 0.15) is 17.3 Å². The Kier molecular flexibility index (Phi) is 9.67. The van der Waals surface area contributed by atoms with E-state index in [1.54, 1.807) is 46.8 Å². The molecule has 5 rings (SSSR count). The monoisotopic (exact) mass is 666 g/mol. The molecule has 0 radical (unpaired) electrons. The van der Waals surface area contributed by atoms with E-state index in [0.29, 0.717) is 17.0 Å². The van der Waals surface area contributed by atoms with Gasteiger partial charge in [-0.1, -0.05) is 19.6 Å². The quantitative estimate of drug-likeness (QED) is 0.216. The molecule has 3 aliphatic heterocycles. The summed E-state index contributed by atoms with van der Waals surface area (Å²) in [5, 5.41) is 2.64. The van der Waals surface area contributed by atoms with Crippen LogP contribution in [0.4, 0.5) is 15.0 Å². The molecule has 0 spiro atoms. The Bertz CT molecular complexity index is 1630. The number of fused-ring (bicyclic) bond motifs is 1. The molecule has 258 valence electrons. The molecule has 1 N–H and O–H groups in total. The zero-order valence-corrected chi connectivity index (χ0v) is 28.4. The maximum atomic E-state index is 15.3. The van der Waals surface area contributed by atoms with Crippen molar-refractivity contribution in [3.8, 4) is 11.5 Å². The standard InChI is InChI=1S/C34H43FN6O7/c1-8-38-14-16-39(17-15-38)26-13-12-24(21(3)36-26)48-22(4)34(30(43)41(32(45)37-34)20-47-31(44)33(5,6)7)19-40-18-23-10-11-25(46-9-2)28(35)27(23)29(40)42/h10-13H,4,8-9,14-20H2,1-3,5-7H3,(H,37,45)/t34-/m0/s1. The third-order valence-electron chi connectivity index (χ3n) is 8.77. The fourth-order valence-corrected chi connectivity index (χ4v) is 5.88. The van der Waals surface area contributed by atoms with Crippen molar-refractivity contribution in [2.75, 3.05) is 57.5 Å². The summed E-state index contributed by atoms with van der Waals surface area (Å²) < 4.78 is 32.1.